The zero-order chi connectivity index (χ0) is 14.3. The van der Waals surface area contributed by atoms with Gasteiger partial charge in [-0.2, -0.15) is 0 Å². The molecule has 1 rings (SSSR count). The molecule has 0 saturated carbocycles. The highest BCUT2D eigenvalue weighted by molar-refractivity contribution is 5.53. The number of benzene rings is 1. The minimum atomic E-state index is 0.574. The second-order valence-electron chi connectivity index (χ2n) is 5.69. The third-order valence-corrected chi connectivity index (χ3v) is 3.61. The smallest absolute Gasteiger partial charge is 0.0411 e. The number of likely N-dealkylation sites (N-methyl/N-ethyl adjacent to an activating group) is 1. The molecule has 2 nitrogen and oxygen atoms in total. The van der Waals surface area contributed by atoms with Gasteiger partial charge in [-0.05, 0) is 44.4 Å². The number of para-hydroxylation sites is 1. The van der Waals surface area contributed by atoms with E-state index in [0.29, 0.717) is 12.0 Å². The monoisotopic (exact) mass is 262 g/mol. The quantitative estimate of drug-likeness (QED) is 0.765. The standard InChI is InChI=1S/C17H30N2/c1-6-16(13-18-12-14(3)4)19(7-2)17-11-9-8-10-15(17)5/h8-11,14,16,18H,6-7,12-13H2,1-5H3. The molecule has 0 aromatic heterocycles. The largest absolute Gasteiger partial charge is 0.367 e. The van der Waals surface area contributed by atoms with Gasteiger partial charge >= 0.3 is 0 Å². The zero-order valence-corrected chi connectivity index (χ0v) is 13.2. The lowest BCUT2D eigenvalue weighted by molar-refractivity contribution is 0.486. The number of hydrogen-bond donors (Lipinski definition) is 1. The van der Waals surface area contributed by atoms with Crippen molar-refractivity contribution in [3.8, 4) is 0 Å². The molecule has 1 aromatic carbocycles. The SMILES string of the molecule is CCC(CNCC(C)C)N(CC)c1ccccc1C. The first-order chi connectivity index (χ1) is 9.10. The lowest BCUT2D eigenvalue weighted by Gasteiger charge is -2.33. The van der Waals surface area contributed by atoms with Crippen LogP contribution in [0.5, 0.6) is 0 Å². The van der Waals surface area contributed by atoms with Crippen molar-refractivity contribution in [2.45, 2.75) is 47.1 Å². The Morgan fingerprint density at radius 3 is 2.32 bits per heavy atom. The van der Waals surface area contributed by atoms with E-state index in [1.807, 2.05) is 0 Å². The van der Waals surface area contributed by atoms with Crippen LogP contribution in [-0.4, -0.2) is 25.7 Å². The van der Waals surface area contributed by atoms with Gasteiger partial charge in [0.2, 0.25) is 0 Å². The predicted octanol–water partition coefficient (Wildman–Crippen LogP) is 3.85. The van der Waals surface area contributed by atoms with Crippen LogP contribution in [0.1, 0.15) is 39.7 Å². The number of aryl methyl sites for hydroxylation is 1. The molecule has 0 bridgehead atoms. The fourth-order valence-electron chi connectivity index (χ4n) is 2.52. The molecule has 0 spiro atoms. The number of nitrogens with zero attached hydrogens (tertiary/aromatic N) is 1. The molecular formula is C17H30N2. The topological polar surface area (TPSA) is 15.3 Å². The highest BCUT2D eigenvalue weighted by Crippen LogP contribution is 2.22. The second-order valence-corrected chi connectivity index (χ2v) is 5.69. The minimum Gasteiger partial charge on any atom is -0.367 e. The lowest BCUT2D eigenvalue weighted by Crippen LogP contribution is -2.43. The van der Waals surface area contributed by atoms with E-state index in [9.17, 15) is 0 Å². The Morgan fingerprint density at radius 2 is 1.79 bits per heavy atom. The van der Waals surface area contributed by atoms with E-state index in [0.717, 1.165) is 19.6 Å². The van der Waals surface area contributed by atoms with Crippen molar-refractivity contribution in [2.24, 2.45) is 5.92 Å². The molecule has 0 aliphatic rings. The first kappa shape index (κ1) is 16.0. The van der Waals surface area contributed by atoms with Gasteiger partial charge in [0.25, 0.3) is 0 Å². The summed E-state index contributed by atoms with van der Waals surface area (Å²) in [5.41, 5.74) is 2.75. The maximum absolute atomic E-state index is 3.60. The van der Waals surface area contributed by atoms with Crippen LogP contribution >= 0.6 is 0 Å². The Morgan fingerprint density at radius 1 is 1.11 bits per heavy atom. The Kier molecular flexibility index (Phi) is 6.93. The van der Waals surface area contributed by atoms with Gasteiger partial charge in [-0.15, -0.1) is 0 Å². The number of hydrogen-bond acceptors (Lipinski definition) is 2. The van der Waals surface area contributed by atoms with E-state index in [2.05, 4.69) is 69.1 Å². The van der Waals surface area contributed by atoms with E-state index in [1.165, 1.54) is 17.7 Å². The maximum atomic E-state index is 3.60. The van der Waals surface area contributed by atoms with Gasteiger partial charge in [-0.25, -0.2) is 0 Å². The summed E-state index contributed by atoms with van der Waals surface area (Å²) in [5, 5.41) is 3.60. The zero-order valence-electron chi connectivity index (χ0n) is 13.2. The van der Waals surface area contributed by atoms with Crippen LogP contribution in [0.2, 0.25) is 0 Å². The number of rotatable bonds is 8. The molecule has 1 unspecified atom stereocenters. The summed E-state index contributed by atoms with van der Waals surface area (Å²) in [5.74, 6) is 0.714. The Balaban J connectivity index is 2.73. The summed E-state index contributed by atoms with van der Waals surface area (Å²) in [7, 11) is 0. The molecule has 0 heterocycles. The molecule has 0 fully saturated rings. The first-order valence-corrected chi connectivity index (χ1v) is 7.63. The van der Waals surface area contributed by atoms with E-state index in [4.69, 9.17) is 0 Å². The predicted molar refractivity (Wildman–Crippen MR) is 86.0 cm³/mol. The molecule has 1 atom stereocenters. The Hall–Kier alpha value is -1.02. The fourth-order valence-corrected chi connectivity index (χ4v) is 2.52. The summed E-state index contributed by atoms with van der Waals surface area (Å²) >= 11 is 0. The van der Waals surface area contributed by atoms with Crippen LogP contribution in [0.3, 0.4) is 0 Å². The van der Waals surface area contributed by atoms with Crippen LogP contribution in [0, 0.1) is 12.8 Å². The summed E-state index contributed by atoms with van der Waals surface area (Å²) in [6, 6.07) is 9.27. The summed E-state index contributed by atoms with van der Waals surface area (Å²) in [6.07, 6.45) is 1.17. The highest BCUT2D eigenvalue weighted by atomic mass is 15.2. The van der Waals surface area contributed by atoms with Crippen LogP contribution in [0.4, 0.5) is 5.69 Å². The van der Waals surface area contributed by atoms with Gasteiger partial charge in [0.15, 0.2) is 0 Å². The van der Waals surface area contributed by atoms with E-state index >= 15 is 0 Å². The van der Waals surface area contributed by atoms with Gasteiger partial charge in [0, 0.05) is 24.8 Å². The molecule has 0 amide bonds. The minimum absolute atomic E-state index is 0.574. The molecule has 0 aliphatic carbocycles. The maximum Gasteiger partial charge on any atom is 0.0411 e. The Labute approximate surface area is 119 Å². The van der Waals surface area contributed by atoms with Crippen molar-refractivity contribution < 1.29 is 0 Å². The van der Waals surface area contributed by atoms with Gasteiger partial charge < -0.3 is 10.2 Å². The van der Waals surface area contributed by atoms with E-state index in [1.54, 1.807) is 0 Å². The van der Waals surface area contributed by atoms with Crippen molar-refractivity contribution in [3.63, 3.8) is 0 Å². The number of anilines is 1. The molecule has 0 radical (unpaired) electrons. The first-order valence-electron chi connectivity index (χ1n) is 7.63. The average molecular weight is 262 g/mol. The summed E-state index contributed by atoms with van der Waals surface area (Å²) in [6.45, 7) is 14.5. The van der Waals surface area contributed by atoms with Crippen molar-refractivity contribution >= 4 is 5.69 Å². The van der Waals surface area contributed by atoms with E-state index in [-0.39, 0.29) is 0 Å². The van der Waals surface area contributed by atoms with Crippen LogP contribution in [0.25, 0.3) is 0 Å². The van der Waals surface area contributed by atoms with E-state index < -0.39 is 0 Å². The molecule has 0 aliphatic heterocycles. The van der Waals surface area contributed by atoms with Gasteiger partial charge in [-0.3, -0.25) is 0 Å². The highest BCUT2D eigenvalue weighted by Gasteiger charge is 2.16. The van der Waals surface area contributed by atoms with Crippen molar-refractivity contribution in [1.29, 1.82) is 0 Å². The molecule has 19 heavy (non-hydrogen) atoms. The third-order valence-electron chi connectivity index (χ3n) is 3.61. The van der Waals surface area contributed by atoms with Gasteiger partial charge in [0.05, 0.1) is 0 Å². The third kappa shape index (κ3) is 4.87. The van der Waals surface area contributed by atoms with Crippen LogP contribution < -0.4 is 10.2 Å². The lowest BCUT2D eigenvalue weighted by atomic mass is 10.1. The van der Waals surface area contributed by atoms with Crippen molar-refractivity contribution in [1.82, 2.24) is 5.32 Å². The summed E-state index contributed by atoms with van der Waals surface area (Å²) in [4.78, 5) is 2.53. The average Bonchev–Trinajstić information content (AvgIpc) is 2.39. The van der Waals surface area contributed by atoms with Crippen LogP contribution in [0.15, 0.2) is 24.3 Å². The normalized spacial score (nSPS) is 12.7. The number of nitrogens with one attached hydrogen (secondary N) is 1. The Bertz CT molecular complexity index is 360. The molecule has 1 aromatic rings. The molecule has 2 heteroatoms. The van der Waals surface area contributed by atoms with Gasteiger partial charge in [0.1, 0.15) is 0 Å². The molecular weight excluding hydrogens is 232 g/mol. The van der Waals surface area contributed by atoms with Crippen LogP contribution in [-0.2, 0) is 0 Å². The molecule has 1 N–H and O–H groups in total. The summed E-state index contributed by atoms with van der Waals surface area (Å²) < 4.78 is 0. The molecule has 0 saturated heterocycles. The van der Waals surface area contributed by atoms with Gasteiger partial charge in [-0.1, -0.05) is 39.0 Å². The fraction of sp³-hybridized carbons (Fsp3) is 0.647. The molecule has 108 valence electrons. The van der Waals surface area contributed by atoms with Crippen molar-refractivity contribution in [3.05, 3.63) is 29.8 Å². The second kappa shape index (κ2) is 8.21. The van der Waals surface area contributed by atoms with Crippen molar-refractivity contribution in [2.75, 3.05) is 24.5 Å².